The first kappa shape index (κ1) is 7.98. The van der Waals surface area contributed by atoms with Gasteiger partial charge < -0.3 is 16.8 Å². The highest BCUT2D eigenvalue weighted by atomic mass is 15.1. The number of nitrogens with one attached hydrogen (secondary N) is 1. The van der Waals surface area contributed by atoms with Gasteiger partial charge in [0.05, 0.1) is 6.17 Å². The lowest BCUT2D eigenvalue weighted by Crippen LogP contribution is -2.69. The van der Waals surface area contributed by atoms with E-state index in [9.17, 15) is 0 Å². The van der Waals surface area contributed by atoms with Crippen LogP contribution in [0.15, 0.2) is 0 Å². The number of rotatable bonds is 3. The Morgan fingerprint density at radius 3 is 2.30 bits per heavy atom. The SMILES string of the molecule is CCCC1(C(N)N)CCN1. The van der Waals surface area contributed by atoms with Crippen molar-refractivity contribution in [2.24, 2.45) is 11.5 Å². The molecule has 1 aliphatic heterocycles. The quantitative estimate of drug-likeness (QED) is 0.478. The summed E-state index contributed by atoms with van der Waals surface area (Å²) in [5, 5.41) is 3.31. The van der Waals surface area contributed by atoms with E-state index in [4.69, 9.17) is 11.5 Å². The first-order valence-corrected chi connectivity index (χ1v) is 3.97. The van der Waals surface area contributed by atoms with Crippen LogP contribution in [0.5, 0.6) is 0 Å². The van der Waals surface area contributed by atoms with Crippen LogP contribution in [0.1, 0.15) is 26.2 Å². The molecular weight excluding hydrogens is 126 g/mol. The van der Waals surface area contributed by atoms with Crippen molar-refractivity contribution in [3.8, 4) is 0 Å². The maximum atomic E-state index is 5.63. The van der Waals surface area contributed by atoms with Crippen LogP contribution < -0.4 is 16.8 Å². The largest absolute Gasteiger partial charge is 0.315 e. The van der Waals surface area contributed by atoms with Crippen LogP contribution in [0.25, 0.3) is 0 Å². The molecule has 1 unspecified atom stereocenters. The Labute approximate surface area is 62.2 Å². The molecule has 0 aromatic heterocycles. The molecule has 3 heteroatoms. The summed E-state index contributed by atoms with van der Waals surface area (Å²) < 4.78 is 0. The van der Waals surface area contributed by atoms with Crippen molar-refractivity contribution in [2.45, 2.75) is 37.9 Å². The van der Waals surface area contributed by atoms with Gasteiger partial charge in [-0.2, -0.15) is 0 Å². The van der Waals surface area contributed by atoms with E-state index in [0.29, 0.717) is 0 Å². The van der Waals surface area contributed by atoms with Crippen molar-refractivity contribution < 1.29 is 0 Å². The molecule has 0 amide bonds. The van der Waals surface area contributed by atoms with Crippen LogP contribution in [-0.2, 0) is 0 Å². The van der Waals surface area contributed by atoms with Crippen LogP contribution in [0, 0.1) is 0 Å². The molecule has 5 N–H and O–H groups in total. The predicted octanol–water partition coefficient (Wildman–Crippen LogP) is -0.238. The van der Waals surface area contributed by atoms with E-state index in [2.05, 4.69) is 12.2 Å². The molecule has 60 valence electrons. The van der Waals surface area contributed by atoms with Gasteiger partial charge in [0.2, 0.25) is 0 Å². The first-order valence-electron chi connectivity index (χ1n) is 3.97. The summed E-state index contributed by atoms with van der Waals surface area (Å²) in [5.74, 6) is 0. The topological polar surface area (TPSA) is 64.1 Å². The van der Waals surface area contributed by atoms with Gasteiger partial charge in [0, 0.05) is 5.54 Å². The molecular formula is C7H17N3. The van der Waals surface area contributed by atoms with E-state index >= 15 is 0 Å². The van der Waals surface area contributed by atoms with Gasteiger partial charge in [-0.25, -0.2) is 0 Å². The molecule has 0 aromatic rings. The minimum Gasteiger partial charge on any atom is -0.315 e. The molecule has 1 aliphatic rings. The van der Waals surface area contributed by atoms with Crippen LogP contribution in [0.3, 0.4) is 0 Å². The summed E-state index contributed by atoms with van der Waals surface area (Å²) in [6.07, 6.45) is 3.20. The lowest BCUT2D eigenvalue weighted by molar-refractivity contribution is 0.152. The van der Waals surface area contributed by atoms with Crippen molar-refractivity contribution in [2.75, 3.05) is 6.54 Å². The summed E-state index contributed by atoms with van der Waals surface area (Å²) in [6.45, 7) is 3.23. The highest BCUT2D eigenvalue weighted by Gasteiger charge is 2.39. The molecule has 0 radical (unpaired) electrons. The van der Waals surface area contributed by atoms with E-state index in [1.165, 1.54) is 0 Å². The molecule has 3 nitrogen and oxygen atoms in total. The van der Waals surface area contributed by atoms with Gasteiger partial charge in [-0.15, -0.1) is 0 Å². The standard InChI is InChI=1S/C7H17N3/c1-2-3-7(6(8)9)4-5-10-7/h6,10H,2-5,8-9H2,1H3. The van der Waals surface area contributed by atoms with Gasteiger partial charge in [-0.3, -0.25) is 0 Å². The second-order valence-electron chi connectivity index (χ2n) is 3.11. The number of hydrogen-bond donors (Lipinski definition) is 3. The zero-order valence-corrected chi connectivity index (χ0v) is 6.56. The van der Waals surface area contributed by atoms with Gasteiger partial charge in [-0.05, 0) is 19.4 Å². The van der Waals surface area contributed by atoms with E-state index in [1.54, 1.807) is 0 Å². The zero-order chi connectivity index (χ0) is 7.61. The monoisotopic (exact) mass is 143 g/mol. The van der Waals surface area contributed by atoms with Gasteiger partial charge in [0.15, 0.2) is 0 Å². The molecule has 0 aliphatic carbocycles. The van der Waals surface area contributed by atoms with E-state index in [0.717, 1.165) is 25.8 Å². The molecule has 0 saturated carbocycles. The summed E-state index contributed by atoms with van der Waals surface area (Å²) in [7, 11) is 0. The van der Waals surface area contributed by atoms with Gasteiger partial charge in [0.25, 0.3) is 0 Å². The van der Waals surface area contributed by atoms with Crippen molar-refractivity contribution in [1.82, 2.24) is 5.32 Å². The van der Waals surface area contributed by atoms with E-state index < -0.39 is 0 Å². The highest BCUT2D eigenvalue weighted by molar-refractivity contribution is 5.01. The van der Waals surface area contributed by atoms with Gasteiger partial charge >= 0.3 is 0 Å². The second kappa shape index (κ2) is 2.86. The Morgan fingerprint density at radius 2 is 2.20 bits per heavy atom. The zero-order valence-electron chi connectivity index (χ0n) is 6.56. The van der Waals surface area contributed by atoms with Crippen LogP contribution >= 0.6 is 0 Å². The van der Waals surface area contributed by atoms with Crippen molar-refractivity contribution in [1.29, 1.82) is 0 Å². The normalized spacial score (nSPS) is 32.4. The predicted molar refractivity (Wildman–Crippen MR) is 42.4 cm³/mol. The summed E-state index contributed by atoms with van der Waals surface area (Å²) in [5.41, 5.74) is 11.3. The molecule has 1 heterocycles. The van der Waals surface area contributed by atoms with Crippen LogP contribution in [0.2, 0.25) is 0 Å². The highest BCUT2D eigenvalue weighted by Crippen LogP contribution is 2.25. The molecule has 0 spiro atoms. The summed E-state index contributed by atoms with van der Waals surface area (Å²) >= 11 is 0. The maximum absolute atomic E-state index is 5.63. The molecule has 1 fully saturated rings. The molecule has 10 heavy (non-hydrogen) atoms. The fourth-order valence-corrected chi connectivity index (χ4v) is 1.56. The molecule has 1 saturated heterocycles. The third kappa shape index (κ3) is 1.17. The Kier molecular flexibility index (Phi) is 2.28. The minimum atomic E-state index is -0.193. The first-order chi connectivity index (χ1) is 4.71. The average molecular weight is 143 g/mol. The Bertz CT molecular complexity index is 107. The maximum Gasteiger partial charge on any atom is 0.0709 e. The van der Waals surface area contributed by atoms with Crippen LogP contribution in [0.4, 0.5) is 0 Å². The average Bonchev–Trinajstić information content (AvgIpc) is 1.77. The van der Waals surface area contributed by atoms with Crippen molar-refractivity contribution in [3.05, 3.63) is 0 Å². The Hall–Kier alpha value is -0.120. The van der Waals surface area contributed by atoms with Crippen molar-refractivity contribution in [3.63, 3.8) is 0 Å². The number of hydrogen-bond acceptors (Lipinski definition) is 3. The summed E-state index contributed by atoms with van der Waals surface area (Å²) in [6, 6.07) is 0. The lowest BCUT2D eigenvalue weighted by Gasteiger charge is -2.46. The van der Waals surface area contributed by atoms with Gasteiger partial charge in [0.1, 0.15) is 0 Å². The fourth-order valence-electron chi connectivity index (χ4n) is 1.56. The molecule has 1 rings (SSSR count). The third-order valence-electron chi connectivity index (χ3n) is 2.38. The van der Waals surface area contributed by atoms with E-state index in [1.807, 2.05) is 0 Å². The lowest BCUT2D eigenvalue weighted by atomic mass is 9.81. The molecule has 0 bridgehead atoms. The van der Waals surface area contributed by atoms with Crippen molar-refractivity contribution >= 4 is 0 Å². The Morgan fingerprint density at radius 1 is 1.60 bits per heavy atom. The molecule has 0 aromatic carbocycles. The third-order valence-corrected chi connectivity index (χ3v) is 2.38. The number of nitrogens with two attached hydrogens (primary N) is 2. The fraction of sp³-hybridized carbons (Fsp3) is 1.00. The van der Waals surface area contributed by atoms with E-state index in [-0.39, 0.29) is 11.7 Å². The van der Waals surface area contributed by atoms with Gasteiger partial charge in [-0.1, -0.05) is 13.3 Å². The molecule has 1 atom stereocenters. The second-order valence-corrected chi connectivity index (χ2v) is 3.11. The minimum absolute atomic E-state index is 0.0781. The smallest absolute Gasteiger partial charge is 0.0709 e. The van der Waals surface area contributed by atoms with Crippen LogP contribution in [-0.4, -0.2) is 18.2 Å². The Balaban J connectivity index is 2.42. The summed E-state index contributed by atoms with van der Waals surface area (Å²) in [4.78, 5) is 0.